The van der Waals surface area contributed by atoms with Crippen molar-refractivity contribution in [1.29, 1.82) is 0 Å². The lowest BCUT2D eigenvalue weighted by Crippen LogP contribution is -2.60. The number of phenolic OH excluding ortho intramolecular Hbond substituents is 2. The van der Waals surface area contributed by atoms with Gasteiger partial charge in [0.25, 0.3) is 0 Å². The summed E-state index contributed by atoms with van der Waals surface area (Å²) in [5.41, 5.74) is -1.11. The number of aromatic hydroxyl groups is 2. The first-order valence-corrected chi connectivity index (χ1v) is 13.0. The molecule has 16 heteroatoms. The second kappa shape index (κ2) is 12.2. The predicted molar refractivity (Wildman–Crippen MR) is 140 cm³/mol. The molecule has 43 heavy (non-hydrogen) atoms. The van der Waals surface area contributed by atoms with Crippen LogP contribution < -0.4 is 14.9 Å². The molecule has 1 aromatic heterocycles. The van der Waals surface area contributed by atoms with Crippen molar-refractivity contribution in [2.45, 2.75) is 61.4 Å². The van der Waals surface area contributed by atoms with Gasteiger partial charge in [-0.1, -0.05) is 0 Å². The first-order chi connectivity index (χ1) is 20.4. The third kappa shape index (κ3) is 5.73. The molecule has 2 saturated heterocycles. The Morgan fingerprint density at radius 3 is 1.77 bits per heavy atom. The maximum atomic E-state index is 13.7. The highest BCUT2D eigenvalue weighted by molar-refractivity contribution is 5.88. The van der Waals surface area contributed by atoms with Crippen LogP contribution in [0.3, 0.4) is 0 Å². The van der Waals surface area contributed by atoms with Gasteiger partial charge in [0.2, 0.25) is 23.8 Å². The van der Waals surface area contributed by atoms with Crippen molar-refractivity contribution in [3.05, 3.63) is 46.6 Å². The van der Waals surface area contributed by atoms with E-state index in [0.717, 1.165) is 12.1 Å². The molecule has 2 aliphatic heterocycles. The quantitative estimate of drug-likeness (QED) is 0.130. The minimum absolute atomic E-state index is 0.129. The summed E-state index contributed by atoms with van der Waals surface area (Å²) in [5, 5.41) is 100. The van der Waals surface area contributed by atoms with Crippen molar-refractivity contribution in [3.63, 3.8) is 0 Å². The summed E-state index contributed by atoms with van der Waals surface area (Å²) in [4.78, 5) is 13.7. The molecule has 0 unspecified atom stereocenters. The fraction of sp³-hybridized carbons (Fsp3) is 0.444. The van der Waals surface area contributed by atoms with E-state index in [-0.39, 0.29) is 28.4 Å². The molecule has 0 saturated carbocycles. The number of phenols is 2. The molecule has 0 radical (unpaired) electrons. The first-order valence-electron chi connectivity index (χ1n) is 13.0. The highest BCUT2D eigenvalue weighted by atomic mass is 16.7. The first kappa shape index (κ1) is 30.9. The van der Waals surface area contributed by atoms with Gasteiger partial charge in [0.05, 0.1) is 13.2 Å². The summed E-state index contributed by atoms with van der Waals surface area (Å²) in [6.07, 6.45) is -16.6. The zero-order valence-corrected chi connectivity index (χ0v) is 22.1. The lowest BCUT2D eigenvalue weighted by atomic mass is 9.99. The largest absolute Gasteiger partial charge is 0.508 e. The number of hydrogen-bond donors (Lipinski definition) is 10. The van der Waals surface area contributed by atoms with E-state index in [0.29, 0.717) is 0 Å². The molecule has 0 spiro atoms. The highest BCUT2D eigenvalue weighted by Gasteiger charge is 2.46. The zero-order chi connectivity index (χ0) is 31.2. The van der Waals surface area contributed by atoms with Crippen LogP contribution in [0.5, 0.6) is 23.0 Å². The topological polar surface area (TPSA) is 269 Å². The minimum Gasteiger partial charge on any atom is -0.508 e. The second-order valence-electron chi connectivity index (χ2n) is 10.1. The standard InChI is InChI=1S/C27H30O16/c28-7-14-17(32)20(35)22(37)26(41-14)39-11-5-12(31)16-13(6-11)40-24(9-1-3-10(30)4-2-9)25(19(16)34)43-27-23(38)21(36)18(33)15(8-29)42-27/h1-6,14-15,17-18,20-23,26-33,35-38H,7-8H2/t14-,15-,17+,18-,20+,21+,22-,23-,26-,27+/m1/s1. The molecule has 2 aromatic carbocycles. The molecular weight excluding hydrogens is 580 g/mol. The Morgan fingerprint density at radius 1 is 0.698 bits per heavy atom. The van der Waals surface area contributed by atoms with Gasteiger partial charge in [0.15, 0.2) is 5.76 Å². The molecule has 0 aliphatic carbocycles. The number of benzene rings is 2. The Labute approximate surface area is 241 Å². The van der Waals surface area contributed by atoms with Crippen molar-refractivity contribution < 1.29 is 74.4 Å². The molecule has 0 bridgehead atoms. The average Bonchev–Trinajstić information content (AvgIpc) is 2.98. The van der Waals surface area contributed by atoms with E-state index in [4.69, 9.17) is 23.4 Å². The van der Waals surface area contributed by atoms with Gasteiger partial charge in [-0.25, -0.2) is 0 Å². The maximum Gasteiger partial charge on any atom is 0.239 e. The van der Waals surface area contributed by atoms with E-state index in [1.807, 2.05) is 0 Å². The van der Waals surface area contributed by atoms with Gasteiger partial charge in [0, 0.05) is 17.7 Å². The Hall–Kier alpha value is -3.55. The summed E-state index contributed by atoms with van der Waals surface area (Å²) >= 11 is 0. The molecule has 5 rings (SSSR count). The lowest BCUT2D eigenvalue weighted by Gasteiger charge is -2.39. The summed E-state index contributed by atoms with van der Waals surface area (Å²) in [5.74, 6) is -1.96. The number of ether oxygens (including phenoxy) is 4. The maximum absolute atomic E-state index is 13.7. The lowest BCUT2D eigenvalue weighted by molar-refractivity contribution is -0.277. The zero-order valence-electron chi connectivity index (χ0n) is 22.1. The molecule has 3 heterocycles. The van der Waals surface area contributed by atoms with Crippen LogP contribution in [0, 0.1) is 0 Å². The predicted octanol–water partition coefficient (Wildman–Crippen LogP) is -2.77. The van der Waals surface area contributed by atoms with Crippen LogP contribution in [0.15, 0.2) is 45.6 Å². The smallest absolute Gasteiger partial charge is 0.239 e. The van der Waals surface area contributed by atoms with E-state index >= 15 is 0 Å². The van der Waals surface area contributed by atoms with E-state index in [1.165, 1.54) is 24.3 Å². The van der Waals surface area contributed by atoms with Crippen molar-refractivity contribution >= 4 is 11.0 Å². The van der Waals surface area contributed by atoms with Gasteiger partial charge in [-0.2, -0.15) is 0 Å². The Kier molecular flexibility index (Phi) is 8.77. The average molecular weight is 611 g/mol. The monoisotopic (exact) mass is 610 g/mol. The number of aliphatic hydroxyl groups is 8. The number of aliphatic hydroxyl groups excluding tert-OH is 8. The highest BCUT2D eigenvalue weighted by Crippen LogP contribution is 2.38. The van der Waals surface area contributed by atoms with Gasteiger partial charge >= 0.3 is 0 Å². The van der Waals surface area contributed by atoms with Gasteiger partial charge in [-0.05, 0) is 24.3 Å². The van der Waals surface area contributed by atoms with E-state index in [1.54, 1.807) is 0 Å². The van der Waals surface area contributed by atoms with Crippen LogP contribution in [-0.2, 0) is 9.47 Å². The van der Waals surface area contributed by atoms with Crippen LogP contribution in [0.25, 0.3) is 22.3 Å². The summed E-state index contributed by atoms with van der Waals surface area (Å²) in [6.45, 7) is -1.48. The Bertz CT molecular complexity index is 1490. The van der Waals surface area contributed by atoms with Crippen LogP contribution in [0.2, 0.25) is 0 Å². The normalized spacial score (nSPS) is 32.9. The Morgan fingerprint density at radius 2 is 1.23 bits per heavy atom. The molecular formula is C27H30O16. The molecule has 10 atom stereocenters. The number of fused-ring (bicyclic) bond motifs is 1. The van der Waals surface area contributed by atoms with Crippen molar-refractivity contribution in [2.75, 3.05) is 13.2 Å². The molecule has 234 valence electrons. The van der Waals surface area contributed by atoms with Crippen molar-refractivity contribution in [1.82, 2.24) is 0 Å². The fourth-order valence-electron chi connectivity index (χ4n) is 4.82. The molecule has 0 amide bonds. The van der Waals surface area contributed by atoms with E-state index < -0.39 is 96.9 Å². The van der Waals surface area contributed by atoms with Gasteiger partial charge in [0.1, 0.15) is 77.0 Å². The van der Waals surface area contributed by atoms with Crippen LogP contribution >= 0.6 is 0 Å². The molecule has 16 nitrogen and oxygen atoms in total. The third-order valence-corrected chi connectivity index (χ3v) is 7.22. The van der Waals surface area contributed by atoms with Crippen LogP contribution in [0.1, 0.15) is 0 Å². The second-order valence-corrected chi connectivity index (χ2v) is 10.1. The number of hydrogen-bond acceptors (Lipinski definition) is 16. The van der Waals surface area contributed by atoms with Gasteiger partial charge < -0.3 is 74.4 Å². The van der Waals surface area contributed by atoms with Crippen LogP contribution in [-0.4, -0.2) is 126 Å². The SMILES string of the molecule is O=c1c(O[C@@H]2O[C@H](CO)[C@@H](O)[C@H](O)[C@H]2O)c(-c2ccc(O)cc2)oc2cc(O[C@@H]3O[C@H](CO)[C@H](O)[C@H](O)[C@H]3O)cc(O)c12. The van der Waals surface area contributed by atoms with Crippen LogP contribution in [0.4, 0.5) is 0 Å². The molecule has 10 N–H and O–H groups in total. The van der Waals surface area contributed by atoms with E-state index in [9.17, 15) is 55.9 Å². The van der Waals surface area contributed by atoms with Gasteiger partial charge in [-0.3, -0.25) is 4.79 Å². The third-order valence-electron chi connectivity index (χ3n) is 7.22. The van der Waals surface area contributed by atoms with Crippen molar-refractivity contribution in [3.8, 4) is 34.3 Å². The van der Waals surface area contributed by atoms with Crippen molar-refractivity contribution in [2.24, 2.45) is 0 Å². The summed E-state index contributed by atoms with van der Waals surface area (Å²) in [7, 11) is 0. The van der Waals surface area contributed by atoms with Gasteiger partial charge in [-0.15, -0.1) is 0 Å². The summed E-state index contributed by atoms with van der Waals surface area (Å²) < 4.78 is 27.8. The Balaban J connectivity index is 1.58. The molecule has 2 aliphatic rings. The number of rotatable bonds is 7. The minimum atomic E-state index is -1.89. The van der Waals surface area contributed by atoms with E-state index in [2.05, 4.69) is 0 Å². The molecule has 3 aromatic rings. The fourth-order valence-corrected chi connectivity index (χ4v) is 4.82. The summed E-state index contributed by atoms with van der Waals surface area (Å²) in [6, 6.07) is 7.35. The molecule has 2 fully saturated rings.